The first-order valence-corrected chi connectivity index (χ1v) is 11.2. The SMILES string of the molecule is CC[C@H](C)NC(=O)[C@H](C)N(Cc1cccc(C)c1)C(=O)CSc1ccc(Cl)cc1. The second kappa shape index (κ2) is 11.3. The van der Waals surface area contributed by atoms with Gasteiger partial charge in [0.25, 0.3) is 0 Å². The standard InChI is InChI=1S/C23H29ClN2O2S/c1-5-17(3)25-23(28)18(4)26(14-19-8-6-7-16(2)13-19)22(27)15-29-21-11-9-20(24)10-12-21/h6-13,17-18H,5,14-15H2,1-4H3,(H,25,28)/t17-,18-/m0/s1. The minimum absolute atomic E-state index is 0.0711. The molecular formula is C23H29ClN2O2S. The fraction of sp³-hybridized carbons (Fsp3) is 0.391. The Balaban J connectivity index is 2.14. The highest BCUT2D eigenvalue weighted by atomic mass is 35.5. The number of rotatable bonds is 9. The molecule has 0 heterocycles. The Hall–Kier alpha value is -1.98. The van der Waals surface area contributed by atoms with Crippen molar-refractivity contribution in [3.05, 3.63) is 64.7 Å². The van der Waals surface area contributed by atoms with E-state index in [2.05, 4.69) is 5.32 Å². The van der Waals surface area contributed by atoms with Crippen LogP contribution in [0.5, 0.6) is 0 Å². The Labute approximate surface area is 183 Å². The van der Waals surface area contributed by atoms with E-state index in [4.69, 9.17) is 11.6 Å². The molecule has 2 aromatic rings. The first kappa shape index (κ1) is 23.3. The summed E-state index contributed by atoms with van der Waals surface area (Å²) in [7, 11) is 0. The number of amides is 2. The third-order valence-corrected chi connectivity index (χ3v) is 6.03. The molecule has 4 nitrogen and oxygen atoms in total. The number of hydrogen-bond acceptors (Lipinski definition) is 3. The fourth-order valence-electron chi connectivity index (χ4n) is 2.81. The van der Waals surface area contributed by atoms with Crippen molar-refractivity contribution in [2.75, 3.05) is 5.75 Å². The molecule has 0 aliphatic heterocycles. The zero-order chi connectivity index (χ0) is 21.4. The molecule has 0 aliphatic rings. The lowest BCUT2D eigenvalue weighted by Crippen LogP contribution is -2.50. The molecule has 0 spiro atoms. The minimum Gasteiger partial charge on any atom is -0.352 e. The molecule has 0 radical (unpaired) electrons. The number of halogens is 1. The van der Waals surface area contributed by atoms with Crippen LogP contribution >= 0.6 is 23.4 Å². The highest BCUT2D eigenvalue weighted by molar-refractivity contribution is 8.00. The number of hydrogen-bond donors (Lipinski definition) is 1. The van der Waals surface area contributed by atoms with Crippen LogP contribution in [0.25, 0.3) is 0 Å². The summed E-state index contributed by atoms with van der Waals surface area (Å²) in [6.07, 6.45) is 0.844. The summed E-state index contributed by atoms with van der Waals surface area (Å²) in [4.78, 5) is 28.4. The van der Waals surface area contributed by atoms with Crippen LogP contribution in [0.2, 0.25) is 5.02 Å². The van der Waals surface area contributed by atoms with Gasteiger partial charge in [-0.2, -0.15) is 0 Å². The van der Waals surface area contributed by atoms with Crippen LogP contribution in [0.1, 0.15) is 38.3 Å². The Morgan fingerprint density at radius 1 is 1.14 bits per heavy atom. The summed E-state index contributed by atoms with van der Waals surface area (Å²) in [5, 5.41) is 3.65. The quantitative estimate of drug-likeness (QED) is 0.562. The number of aryl methyl sites for hydroxylation is 1. The van der Waals surface area contributed by atoms with E-state index in [1.165, 1.54) is 11.8 Å². The Kier molecular flexibility index (Phi) is 9.05. The van der Waals surface area contributed by atoms with E-state index in [1.54, 1.807) is 24.0 Å². The van der Waals surface area contributed by atoms with E-state index in [0.29, 0.717) is 11.6 Å². The minimum atomic E-state index is -0.553. The van der Waals surface area contributed by atoms with Crippen LogP contribution in [0.4, 0.5) is 0 Å². The Morgan fingerprint density at radius 3 is 2.45 bits per heavy atom. The predicted molar refractivity (Wildman–Crippen MR) is 121 cm³/mol. The molecular weight excluding hydrogens is 404 g/mol. The molecule has 0 bridgehead atoms. The number of thioether (sulfide) groups is 1. The van der Waals surface area contributed by atoms with Gasteiger partial charge in [0.05, 0.1) is 5.75 Å². The van der Waals surface area contributed by atoms with Crippen molar-refractivity contribution >= 4 is 35.2 Å². The maximum absolute atomic E-state index is 13.1. The zero-order valence-electron chi connectivity index (χ0n) is 17.4. The van der Waals surface area contributed by atoms with Gasteiger partial charge in [0.2, 0.25) is 11.8 Å². The van der Waals surface area contributed by atoms with Gasteiger partial charge in [-0.1, -0.05) is 48.4 Å². The number of nitrogens with zero attached hydrogens (tertiary/aromatic N) is 1. The van der Waals surface area contributed by atoms with Crippen molar-refractivity contribution in [1.29, 1.82) is 0 Å². The molecule has 2 aromatic carbocycles. The second-order valence-corrected chi connectivity index (χ2v) is 8.73. The van der Waals surface area contributed by atoms with E-state index < -0.39 is 6.04 Å². The van der Waals surface area contributed by atoms with E-state index in [9.17, 15) is 9.59 Å². The van der Waals surface area contributed by atoms with Gasteiger partial charge in [-0.25, -0.2) is 0 Å². The van der Waals surface area contributed by atoms with Gasteiger partial charge in [-0.3, -0.25) is 9.59 Å². The van der Waals surface area contributed by atoms with E-state index in [0.717, 1.165) is 22.4 Å². The third kappa shape index (κ3) is 7.41. The van der Waals surface area contributed by atoms with Crippen LogP contribution in [-0.2, 0) is 16.1 Å². The molecule has 6 heteroatoms. The maximum atomic E-state index is 13.1. The van der Waals surface area contributed by atoms with Crippen molar-refractivity contribution in [2.24, 2.45) is 0 Å². The molecule has 2 rings (SSSR count). The van der Waals surface area contributed by atoms with E-state index in [1.807, 2.05) is 57.2 Å². The van der Waals surface area contributed by atoms with Gasteiger partial charge in [0, 0.05) is 22.5 Å². The van der Waals surface area contributed by atoms with Crippen molar-refractivity contribution in [3.8, 4) is 0 Å². The summed E-state index contributed by atoms with van der Waals surface area (Å²) in [5.41, 5.74) is 2.14. The molecule has 156 valence electrons. The fourth-order valence-corrected chi connectivity index (χ4v) is 3.72. The molecule has 0 unspecified atom stereocenters. The van der Waals surface area contributed by atoms with Crippen LogP contribution in [0.3, 0.4) is 0 Å². The van der Waals surface area contributed by atoms with Crippen molar-refractivity contribution in [2.45, 2.75) is 57.6 Å². The van der Waals surface area contributed by atoms with Crippen molar-refractivity contribution in [1.82, 2.24) is 10.2 Å². The molecule has 0 aliphatic carbocycles. The largest absolute Gasteiger partial charge is 0.352 e. The van der Waals surface area contributed by atoms with Crippen molar-refractivity contribution < 1.29 is 9.59 Å². The highest BCUT2D eigenvalue weighted by Crippen LogP contribution is 2.22. The average Bonchev–Trinajstić information content (AvgIpc) is 2.70. The lowest BCUT2D eigenvalue weighted by molar-refractivity contribution is -0.138. The number of benzene rings is 2. The third-order valence-electron chi connectivity index (χ3n) is 4.78. The molecule has 29 heavy (non-hydrogen) atoms. The van der Waals surface area contributed by atoms with Gasteiger partial charge in [-0.15, -0.1) is 11.8 Å². The smallest absolute Gasteiger partial charge is 0.242 e. The number of carbonyl (C=O) groups excluding carboxylic acids is 2. The molecule has 2 amide bonds. The first-order chi connectivity index (χ1) is 13.8. The molecule has 0 saturated heterocycles. The van der Waals surface area contributed by atoms with Crippen LogP contribution in [0, 0.1) is 6.92 Å². The molecule has 0 aromatic heterocycles. The summed E-state index contributed by atoms with van der Waals surface area (Å²) < 4.78 is 0. The molecule has 1 N–H and O–H groups in total. The molecule has 0 saturated carbocycles. The molecule has 2 atom stereocenters. The Bertz CT molecular complexity index is 826. The van der Waals surface area contributed by atoms with Crippen LogP contribution in [-0.4, -0.2) is 34.6 Å². The number of carbonyl (C=O) groups is 2. The van der Waals surface area contributed by atoms with E-state index >= 15 is 0 Å². The topological polar surface area (TPSA) is 49.4 Å². The van der Waals surface area contributed by atoms with Gasteiger partial charge < -0.3 is 10.2 Å². The van der Waals surface area contributed by atoms with E-state index in [-0.39, 0.29) is 23.6 Å². The van der Waals surface area contributed by atoms with Gasteiger partial charge in [0.15, 0.2) is 0 Å². The monoisotopic (exact) mass is 432 g/mol. The lowest BCUT2D eigenvalue weighted by Gasteiger charge is -2.29. The number of nitrogens with one attached hydrogen (secondary N) is 1. The summed E-state index contributed by atoms with van der Waals surface area (Å²) in [5.74, 6) is 0.0594. The maximum Gasteiger partial charge on any atom is 0.242 e. The zero-order valence-corrected chi connectivity index (χ0v) is 19.0. The van der Waals surface area contributed by atoms with Crippen LogP contribution < -0.4 is 5.32 Å². The highest BCUT2D eigenvalue weighted by Gasteiger charge is 2.26. The normalized spacial score (nSPS) is 12.9. The Morgan fingerprint density at radius 2 is 1.83 bits per heavy atom. The average molecular weight is 433 g/mol. The van der Waals surface area contributed by atoms with Gasteiger partial charge >= 0.3 is 0 Å². The summed E-state index contributed by atoms with van der Waals surface area (Å²) in [6.45, 7) is 8.20. The predicted octanol–water partition coefficient (Wildman–Crippen LogP) is 5.07. The van der Waals surface area contributed by atoms with Crippen molar-refractivity contribution in [3.63, 3.8) is 0 Å². The second-order valence-electron chi connectivity index (χ2n) is 7.25. The van der Waals surface area contributed by atoms with Gasteiger partial charge in [-0.05, 0) is 57.0 Å². The van der Waals surface area contributed by atoms with Crippen LogP contribution in [0.15, 0.2) is 53.4 Å². The summed E-state index contributed by atoms with van der Waals surface area (Å²) >= 11 is 7.37. The molecule has 0 fully saturated rings. The summed E-state index contributed by atoms with van der Waals surface area (Å²) in [6, 6.07) is 14.9. The first-order valence-electron chi connectivity index (χ1n) is 9.84. The van der Waals surface area contributed by atoms with Gasteiger partial charge in [0.1, 0.15) is 6.04 Å². The lowest BCUT2D eigenvalue weighted by atomic mass is 10.1.